The van der Waals surface area contributed by atoms with Crippen LogP contribution in [0, 0.1) is 11.3 Å². The predicted molar refractivity (Wildman–Crippen MR) is 75.5 cm³/mol. The number of ether oxygens (including phenoxy) is 1. The average molecular weight is 267 g/mol. The van der Waals surface area contributed by atoms with Gasteiger partial charge in [0.15, 0.2) is 0 Å². The lowest BCUT2D eigenvalue weighted by atomic mass is 10.1. The van der Waals surface area contributed by atoms with E-state index in [2.05, 4.69) is 5.32 Å². The van der Waals surface area contributed by atoms with Gasteiger partial charge >= 0.3 is 0 Å². The summed E-state index contributed by atoms with van der Waals surface area (Å²) in [5.41, 5.74) is 7.06. The van der Waals surface area contributed by atoms with Gasteiger partial charge in [0.1, 0.15) is 11.5 Å². The number of benzene rings is 2. The van der Waals surface area contributed by atoms with Gasteiger partial charge in [-0.15, -0.1) is 0 Å². The number of carbonyl (C=O) groups is 1. The van der Waals surface area contributed by atoms with E-state index in [1.807, 2.05) is 6.07 Å². The van der Waals surface area contributed by atoms with Crippen molar-refractivity contribution in [1.82, 2.24) is 5.32 Å². The molecule has 0 aliphatic heterocycles. The molecule has 5 heteroatoms. The van der Waals surface area contributed by atoms with Crippen molar-refractivity contribution in [2.75, 3.05) is 12.8 Å². The highest BCUT2D eigenvalue weighted by molar-refractivity contribution is 5.97. The number of nitrogens with one attached hydrogen (secondary N) is 1. The molecule has 3 N–H and O–H groups in total. The van der Waals surface area contributed by atoms with E-state index in [-0.39, 0.29) is 5.91 Å². The second kappa shape index (κ2) is 5.76. The Morgan fingerprint density at radius 3 is 2.80 bits per heavy atom. The minimum absolute atomic E-state index is 0.267. The molecule has 0 saturated heterocycles. The number of nitriles is 1. The Kier molecular flexibility index (Phi) is 3.87. The molecule has 5 nitrogen and oxygen atoms in total. The maximum absolute atomic E-state index is 11.8. The first-order valence-electron chi connectivity index (χ1n) is 5.93. The Balaban J connectivity index is 2.39. The SMILES string of the molecule is CNC(=O)c1ccc(N)cc1Oc1cccc(C#N)c1. The summed E-state index contributed by atoms with van der Waals surface area (Å²) < 4.78 is 5.66. The zero-order valence-electron chi connectivity index (χ0n) is 10.9. The van der Waals surface area contributed by atoms with E-state index in [0.29, 0.717) is 28.3 Å². The molecule has 0 aromatic heterocycles. The number of nitrogens with two attached hydrogens (primary N) is 1. The van der Waals surface area contributed by atoms with Gasteiger partial charge in [0, 0.05) is 18.8 Å². The van der Waals surface area contributed by atoms with Crippen LogP contribution in [-0.2, 0) is 0 Å². The van der Waals surface area contributed by atoms with Crippen molar-refractivity contribution in [2.24, 2.45) is 0 Å². The molecular weight excluding hydrogens is 254 g/mol. The fourth-order valence-electron chi connectivity index (χ4n) is 1.70. The quantitative estimate of drug-likeness (QED) is 0.835. The van der Waals surface area contributed by atoms with Gasteiger partial charge in [-0.25, -0.2) is 0 Å². The van der Waals surface area contributed by atoms with E-state index in [1.165, 1.54) is 0 Å². The molecule has 1 amide bonds. The zero-order chi connectivity index (χ0) is 14.5. The van der Waals surface area contributed by atoms with Crippen LogP contribution < -0.4 is 15.8 Å². The van der Waals surface area contributed by atoms with Crippen LogP contribution in [0.5, 0.6) is 11.5 Å². The van der Waals surface area contributed by atoms with Crippen molar-refractivity contribution < 1.29 is 9.53 Å². The molecule has 2 rings (SSSR count). The fourth-order valence-corrected chi connectivity index (χ4v) is 1.70. The number of anilines is 1. The van der Waals surface area contributed by atoms with E-state index in [1.54, 1.807) is 49.5 Å². The Labute approximate surface area is 116 Å². The molecule has 0 unspecified atom stereocenters. The van der Waals surface area contributed by atoms with E-state index in [0.717, 1.165) is 0 Å². The number of amides is 1. The van der Waals surface area contributed by atoms with Gasteiger partial charge < -0.3 is 15.8 Å². The number of hydrogen-bond donors (Lipinski definition) is 2. The summed E-state index contributed by atoms with van der Waals surface area (Å²) in [7, 11) is 1.54. The molecule has 100 valence electrons. The third kappa shape index (κ3) is 2.87. The summed E-state index contributed by atoms with van der Waals surface area (Å²) in [5.74, 6) is 0.552. The van der Waals surface area contributed by atoms with Crippen LogP contribution in [0.15, 0.2) is 42.5 Å². The van der Waals surface area contributed by atoms with E-state index >= 15 is 0 Å². The van der Waals surface area contributed by atoms with Crippen LogP contribution in [0.2, 0.25) is 0 Å². The van der Waals surface area contributed by atoms with Crippen LogP contribution >= 0.6 is 0 Å². The summed E-state index contributed by atoms with van der Waals surface area (Å²) >= 11 is 0. The van der Waals surface area contributed by atoms with Crippen molar-refractivity contribution in [1.29, 1.82) is 5.26 Å². The molecule has 0 aliphatic rings. The third-order valence-corrected chi connectivity index (χ3v) is 2.67. The molecule has 0 atom stereocenters. The Hall–Kier alpha value is -3.00. The van der Waals surface area contributed by atoms with Gasteiger partial charge in [-0.3, -0.25) is 4.79 Å². The van der Waals surface area contributed by atoms with Crippen LogP contribution in [0.3, 0.4) is 0 Å². The van der Waals surface area contributed by atoms with Gasteiger partial charge in [0.25, 0.3) is 5.91 Å². The molecule has 0 spiro atoms. The van der Waals surface area contributed by atoms with Crippen LogP contribution in [0.1, 0.15) is 15.9 Å². The van der Waals surface area contributed by atoms with E-state index in [9.17, 15) is 4.79 Å². The lowest BCUT2D eigenvalue weighted by Gasteiger charge is -2.11. The predicted octanol–water partition coefficient (Wildman–Crippen LogP) is 2.29. The monoisotopic (exact) mass is 267 g/mol. The van der Waals surface area contributed by atoms with Crippen LogP contribution in [-0.4, -0.2) is 13.0 Å². The molecular formula is C15H13N3O2. The van der Waals surface area contributed by atoms with Gasteiger partial charge in [-0.2, -0.15) is 5.26 Å². The minimum atomic E-state index is -0.267. The molecule has 2 aromatic rings. The maximum atomic E-state index is 11.8. The first kappa shape index (κ1) is 13.4. The van der Waals surface area contributed by atoms with E-state index < -0.39 is 0 Å². The molecule has 0 radical (unpaired) electrons. The molecule has 2 aromatic carbocycles. The summed E-state index contributed by atoms with van der Waals surface area (Å²) in [6.07, 6.45) is 0. The van der Waals surface area contributed by atoms with Gasteiger partial charge in [0.05, 0.1) is 17.2 Å². The minimum Gasteiger partial charge on any atom is -0.456 e. The summed E-state index contributed by atoms with van der Waals surface area (Å²) in [6.45, 7) is 0. The highest BCUT2D eigenvalue weighted by Gasteiger charge is 2.12. The van der Waals surface area contributed by atoms with Crippen molar-refractivity contribution in [3.8, 4) is 17.6 Å². The van der Waals surface area contributed by atoms with Crippen LogP contribution in [0.4, 0.5) is 5.69 Å². The fraction of sp³-hybridized carbons (Fsp3) is 0.0667. The topological polar surface area (TPSA) is 88.1 Å². The second-order valence-electron chi connectivity index (χ2n) is 4.08. The van der Waals surface area contributed by atoms with Gasteiger partial charge in [-0.1, -0.05) is 6.07 Å². The van der Waals surface area contributed by atoms with Crippen molar-refractivity contribution in [3.63, 3.8) is 0 Å². The Morgan fingerprint density at radius 1 is 1.30 bits per heavy atom. The summed E-state index contributed by atoms with van der Waals surface area (Å²) in [5, 5.41) is 11.4. The summed E-state index contributed by atoms with van der Waals surface area (Å²) in [6, 6.07) is 13.5. The number of nitrogens with zero attached hydrogens (tertiary/aromatic N) is 1. The lowest BCUT2D eigenvalue weighted by molar-refractivity contribution is 0.0961. The smallest absolute Gasteiger partial charge is 0.254 e. The van der Waals surface area contributed by atoms with Crippen LogP contribution in [0.25, 0.3) is 0 Å². The molecule has 0 bridgehead atoms. The standard InChI is InChI=1S/C15H13N3O2/c1-18-15(19)13-6-5-11(17)8-14(13)20-12-4-2-3-10(7-12)9-16/h2-8H,17H2,1H3,(H,18,19). The van der Waals surface area contributed by atoms with Crippen molar-refractivity contribution >= 4 is 11.6 Å². The molecule has 0 heterocycles. The maximum Gasteiger partial charge on any atom is 0.254 e. The molecule has 0 saturated carbocycles. The van der Waals surface area contributed by atoms with E-state index in [4.69, 9.17) is 15.7 Å². The Bertz CT molecular complexity index is 690. The second-order valence-corrected chi connectivity index (χ2v) is 4.08. The average Bonchev–Trinajstić information content (AvgIpc) is 2.47. The number of hydrogen-bond acceptors (Lipinski definition) is 4. The summed E-state index contributed by atoms with van der Waals surface area (Å²) in [4.78, 5) is 11.8. The van der Waals surface area contributed by atoms with Crippen molar-refractivity contribution in [3.05, 3.63) is 53.6 Å². The number of nitrogen functional groups attached to an aromatic ring is 1. The van der Waals surface area contributed by atoms with Gasteiger partial charge in [0.2, 0.25) is 0 Å². The first-order valence-corrected chi connectivity index (χ1v) is 5.93. The highest BCUT2D eigenvalue weighted by Crippen LogP contribution is 2.28. The molecule has 0 fully saturated rings. The van der Waals surface area contributed by atoms with Gasteiger partial charge in [-0.05, 0) is 30.3 Å². The number of carbonyl (C=O) groups excluding carboxylic acids is 1. The number of rotatable bonds is 3. The normalized spacial score (nSPS) is 9.60. The largest absolute Gasteiger partial charge is 0.456 e. The molecule has 20 heavy (non-hydrogen) atoms. The lowest BCUT2D eigenvalue weighted by Crippen LogP contribution is -2.18. The van der Waals surface area contributed by atoms with Crippen molar-refractivity contribution in [2.45, 2.75) is 0 Å². The highest BCUT2D eigenvalue weighted by atomic mass is 16.5. The first-order chi connectivity index (χ1) is 9.63. The third-order valence-electron chi connectivity index (χ3n) is 2.67. The molecule has 0 aliphatic carbocycles. The Morgan fingerprint density at radius 2 is 2.10 bits per heavy atom. The zero-order valence-corrected chi connectivity index (χ0v) is 10.9.